The van der Waals surface area contributed by atoms with Gasteiger partial charge in [0.25, 0.3) is 5.91 Å². The second-order valence-corrected chi connectivity index (χ2v) is 6.76. The second kappa shape index (κ2) is 8.65. The first-order valence-corrected chi connectivity index (χ1v) is 9.26. The van der Waals surface area contributed by atoms with E-state index in [-0.39, 0.29) is 5.91 Å². The molecule has 3 rings (SSSR count). The van der Waals surface area contributed by atoms with E-state index in [4.69, 9.17) is 9.47 Å². The molecule has 0 aliphatic carbocycles. The van der Waals surface area contributed by atoms with Crippen LogP contribution in [0.25, 0.3) is 5.69 Å². The fourth-order valence-corrected chi connectivity index (χ4v) is 3.22. The van der Waals surface area contributed by atoms with Crippen LogP contribution in [0.3, 0.4) is 0 Å². The number of benzene rings is 2. The Labute approximate surface area is 170 Å². The van der Waals surface area contributed by atoms with Crippen LogP contribution in [0.15, 0.2) is 53.6 Å². The van der Waals surface area contributed by atoms with E-state index in [9.17, 15) is 4.79 Å². The number of nitrogens with one attached hydrogen (secondary N) is 1. The zero-order chi connectivity index (χ0) is 21.0. The number of aromatic nitrogens is 1. The first kappa shape index (κ1) is 20.2. The van der Waals surface area contributed by atoms with Gasteiger partial charge in [-0.1, -0.05) is 6.07 Å². The minimum Gasteiger partial charge on any atom is -0.493 e. The monoisotopic (exact) mass is 391 g/mol. The molecule has 0 aliphatic rings. The van der Waals surface area contributed by atoms with Crippen LogP contribution in [0.5, 0.6) is 11.5 Å². The number of amides is 1. The lowest BCUT2D eigenvalue weighted by Crippen LogP contribution is -2.18. The van der Waals surface area contributed by atoms with Crippen LogP contribution in [0.4, 0.5) is 0 Å². The fraction of sp³-hybridized carbons (Fsp3) is 0.217. The third kappa shape index (κ3) is 4.32. The van der Waals surface area contributed by atoms with Gasteiger partial charge in [-0.3, -0.25) is 4.79 Å². The summed E-state index contributed by atoms with van der Waals surface area (Å²) in [6.07, 6.45) is 1.60. The van der Waals surface area contributed by atoms with Gasteiger partial charge in [0.1, 0.15) is 0 Å². The highest BCUT2D eigenvalue weighted by molar-refractivity contribution is 5.95. The van der Waals surface area contributed by atoms with Gasteiger partial charge in [0, 0.05) is 28.2 Å². The predicted molar refractivity (Wildman–Crippen MR) is 115 cm³/mol. The third-order valence-corrected chi connectivity index (χ3v) is 4.78. The van der Waals surface area contributed by atoms with E-state index in [1.807, 2.05) is 51.1 Å². The predicted octanol–water partition coefficient (Wildman–Crippen LogP) is 4.18. The summed E-state index contributed by atoms with van der Waals surface area (Å²) in [4.78, 5) is 12.6. The van der Waals surface area contributed by atoms with Crippen molar-refractivity contribution in [2.75, 3.05) is 14.2 Å². The number of hydrogen-bond acceptors (Lipinski definition) is 4. The van der Waals surface area contributed by atoms with Gasteiger partial charge in [-0.15, -0.1) is 0 Å². The van der Waals surface area contributed by atoms with E-state index in [1.54, 1.807) is 26.5 Å². The molecule has 0 fully saturated rings. The Morgan fingerprint density at radius 3 is 2.28 bits per heavy atom. The number of aryl methyl sites for hydroxylation is 3. The maximum absolute atomic E-state index is 12.6. The summed E-state index contributed by atoms with van der Waals surface area (Å²) in [6.45, 7) is 6.02. The Hall–Kier alpha value is -3.54. The molecule has 0 saturated carbocycles. The second-order valence-electron chi connectivity index (χ2n) is 6.76. The Morgan fingerprint density at radius 1 is 0.966 bits per heavy atom. The van der Waals surface area contributed by atoms with Crippen LogP contribution in [0.2, 0.25) is 0 Å². The van der Waals surface area contributed by atoms with Gasteiger partial charge in [-0.05, 0) is 68.8 Å². The van der Waals surface area contributed by atoms with Gasteiger partial charge in [0.15, 0.2) is 11.5 Å². The molecular weight excluding hydrogens is 366 g/mol. The van der Waals surface area contributed by atoms with Crippen LogP contribution in [0, 0.1) is 20.8 Å². The molecule has 1 aromatic heterocycles. The van der Waals surface area contributed by atoms with Crippen molar-refractivity contribution in [3.05, 3.63) is 76.6 Å². The van der Waals surface area contributed by atoms with Crippen LogP contribution in [-0.4, -0.2) is 30.9 Å². The van der Waals surface area contributed by atoms with Crippen molar-refractivity contribution in [3.63, 3.8) is 0 Å². The van der Waals surface area contributed by atoms with Crippen molar-refractivity contribution in [1.82, 2.24) is 9.99 Å². The van der Waals surface area contributed by atoms with Crippen LogP contribution in [-0.2, 0) is 0 Å². The summed E-state index contributed by atoms with van der Waals surface area (Å²) in [5.41, 5.74) is 8.09. The van der Waals surface area contributed by atoms with Crippen molar-refractivity contribution >= 4 is 12.1 Å². The number of methoxy groups -OCH3 is 2. The van der Waals surface area contributed by atoms with Crippen LogP contribution in [0.1, 0.15) is 32.9 Å². The highest BCUT2D eigenvalue weighted by atomic mass is 16.5. The Balaban J connectivity index is 1.77. The largest absolute Gasteiger partial charge is 0.493 e. The summed E-state index contributed by atoms with van der Waals surface area (Å²) >= 11 is 0. The molecule has 3 aromatic rings. The molecule has 6 heteroatoms. The van der Waals surface area contributed by atoms with Gasteiger partial charge in [0.2, 0.25) is 0 Å². The number of hydrazone groups is 1. The minimum atomic E-state index is -0.274. The molecule has 0 radical (unpaired) electrons. The third-order valence-electron chi connectivity index (χ3n) is 4.78. The summed E-state index contributed by atoms with van der Waals surface area (Å²) in [5, 5.41) is 4.11. The van der Waals surface area contributed by atoms with Crippen LogP contribution >= 0.6 is 0 Å². The number of carbonyl (C=O) groups excluding carboxylic acids is 1. The summed E-state index contributed by atoms with van der Waals surface area (Å²) in [5.74, 6) is 0.985. The molecule has 0 spiro atoms. The van der Waals surface area contributed by atoms with Crippen molar-refractivity contribution in [2.24, 2.45) is 5.10 Å². The SMILES string of the molecule is COc1cc(C)c(/C=N\NC(=O)c2cccc(-n3c(C)ccc3C)c2)cc1OC. The molecule has 29 heavy (non-hydrogen) atoms. The number of hydrogen-bond donors (Lipinski definition) is 1. The maximum atomic E-state index is 12.6. The molecule has 0 bridgehead atoms. The Kier molecular flexibility index (Phi) is 6.02. The van der Waals surface area contributed by atoms with E-state index in [1.165, 1.54) is 0 Å². The molecular formula is C23H25N3O3. The first-order valence-electron chi connectivity index (χ1n) is 9.26. The van der Waals surface area contributed by atoms with Crippen molar-refractivity contribution < 1.29 is 14.3 Å². The quantitative estimate of drug-likeness (QED) is 0.506. The molecule has 0 saturated heterocycles. The van der Waals surface area contributed by atoms with E-state index in [2.05, 4.69) is 27.2 Å². The minimum absolute atomic E-state index is 0.274. The van der Waals surface area contributed by atoms with Crippen LogP contribution < -0.4 is 14.9 Å². The van der Waals surface area contributed by atoms with E-state index >= 15 is 0 Å². The van der Waals surface area contributed by atoms with E-state index in [0.29, 0.717) is 17.1 Å². The lowest BCUT2D eigenvalue weighted by Gasteiger charge is -2.11. The van der Waals surface area contributed by atoms with Gasteiger partial charge in [-0.2, -0.15) is 5.10 Å². The highest BCUT2D eigenvalue weighted by Gasteiger charge is 2.10. The molecule has 1 heterocycles. The van der Waals surface area contributed by atoms with Crippen molar-refractivity contribution in [2.45, 2.75) is 20.8 Å². The number of ether oxygens (including phenoxy) is 2. The average molecular weight is 391 g/mol. The molecule has 0 unspecified atom stereocenters. The van der Waals surface area contributed by atoms with Crippen molar-refractivity contribution in [1.29, 1.82) is 0 Å². The Morgan fingerprint density at radius 2 is 1.62 bits per heavy atom. The summed E-state index contributed by atoms with van der Waals surface area (Å²) < 4.78 is 12.7. The van der Waals surface area contributed by atoms with E-state index < -0.39 is 0 Å². The fourth-order valence-electron chi connectivity index (χ4n) is 3.22. The smallest absolute Gasteiger partial charge is 0.271 e. The normalized spacial score (nSPS) is 10.9. The topological polar surface area (TPSA) is 64.8 Å². The molecule has 0 aliphatic heterocycles. The highest BCUT2D eigenvalue weighted by Crippen LogP contribution is 2.29. The summed E-state index contributed by atoms with van der Waals surface area (Å²) in [7, 11) is 3.17. The lowest BCUT2D eigenvalue weighted by molar-refractivity contribution is 0.0955. The standard InChI is InChI=1S/C23H25N3O3/c1-15-11-21(28-4)22(29-5)13-19(15)14-24-25-23(27)18-7-6-8-20(12-18)26-16(2)9-10-17(26)3/h6-14H,1-5H3,(H,25,27)/b24-14-. The van der Waals surface area contributed by atoms with E-state index in [0.717, 1.165) is 28.2 Å². The zero-order valence-electron chi connectivity index (χ0n) is 17.3. The molecule has 2 aromatic carbocycles. The lowest BCUT2D eigenvalue weighted by atomic mass is 10.1. The summed E-state index contributed by atoms with van der Waals surface area (Å²) in [6, 6.07) is 15.3. The molecule has 150 valence electrons. The molecule has 6 nitrogen and oxygen atoms in total. The number of carbonyl (C=O) groups is 1. The first-order chi connectivity index (χ1) is 13.9. The van der Waals surface area contributed by atoms with Gasteiger partial charge < -0.3 is 14.0 Å². The molecule has 1 amide bonds. The molecule has 1 N–H and O–H groups in total. The zero-order valence-corrected chi connectivity index (χ0v) is 17.3. The van der Waals surface area contributed by atoms with Gasteiger partial charge in [0.05, 0.1) is 20.4 Å². The van der Waals surface area contributed by atoms with Crippen molar-refractivity contribution in [3.8, 4) is 17.2 Å². The number of nitrogens with zero attached hydrogens (tertiary/aromatic N) is 2. The molecule has 0 atom stereocenters. The average Bonchev–Trinajstić information content (AvgIpc) is 3.06. The Bertz CT molecular complexity index is 1050. The van der Waals surface area contributed by atoms with Gasteiger partial charge in [-0.25, -0.2) is 5.43 Å². The maximum Gasteiger partial charge on any atom is 0.271 e. The van der Waals surface area contributed by atoms with Gasteiger partial charge >= 0.3 is 0 Å². The number of rotatable bonds is 6.